The zero-order valence-electron chi connectivity index (χ0n) is 11.0. The Morgan fingerprint density at radius 2 is 2.24 bits per heavy atom. The van der Waals surface area contributed by atoms with E-state index in [1.807, 2.05) is 11.8 Å². The van der Waals surface area contributed by atoms with Gasteiger partial charge in [-0.1, -0.05) is 6.92 Å². The molecule has 0 heterocycles. The van der Waals surface area contributed by atoms with Gasteiger partial charge >= 0.3 is 0 Å². The molecule has 1 aliphatic carbocycles. The summed E-state index contributed by atoms with van der Waals surface area (Å²) in [4.78, 5) is 14.1. The Bertz CT molecular complexity index is 229. The second-order valence-corrected chi connectivity index (χ2v) is 5.01. The quantitative estimate of drug-likeness (QED) is 0.701. The summed E-state index contributed by atoms with van der Waals surface area (Å²) in [5, 5.41) is 8.88. The second-order valence-electron chi connectivity index (χ2n) is 5.01. The lowest BCUT2D eigenvalue weighted by Gasteiger charge is -2.38. The molecule has 4 nitrogen and oxygen atoms in total. The minimum absolute atomic E-state index is 0.157. The van der Waals surface area contributed by atoms with Gasteiger partial charge in [-0.2, -0.15) is 0 Å². The van der Waals surface area contributed by atoms with E-state index in [4.69, 9.17) is 9.84 Å². The predicted molar refractivity (Wildman–Crippen MR) is 66.7 cm³/mol. The van der Waals surface area contributed by atoms with Crippen LogP contribution >= 0.6 is 0 Å². The molecule has 1 atom stereocenters. The Kier molecular flexibility index (Phi) is 6.52. The maximum atomic E-state index is 12.2. The third-order valence-electron chi connectivity index (χ3n) is 3.37. The molecule has 0 bridgehead atoms. The number of ether oxygens (including phenoxy) is 1. The molecule has 0 saturated heterocycles. The van der Waals surface area contributed by atoms with Crippen molar-refractivity contribution in [3.63, 3.8) is 0 Å². The molecule has 1 fully saturated rings. The lowest BCUT2D eigenvalue weighted by Crippen LogP contribution is -2.45. The highest BCUT2D eigenvalue weighted by Crippen LogP contribution is 2.26. The maximum absolute atomic E-state index is 12.2. The van der Waals surface area contributed by atoms with Crippen molar-refractivity contribution in [1.29, 1.82) is 0 Å². The summed E-state index contributed by atoms with van der Waals surface area (Å²) in [7, 11) is 1.66. The van der Waals surface area contributed by atoms with Crippen LogP contribution in [0.2, 0.25) is 0 Å². The van der Waals surface area contributed by atoms with Gasteiger partial charge in [0.2, 0.25) is 5.91 Å². The number of methoxy groups -OCH3 is 1. The van der Waals surface area contributed by atoms with Crippen molar-refractivity contribution in [2.75, 3.05) is 26.9 Å². The fourth-order valence-corrected chi connectivity index (χ4v) is 2.21. The van der Waals surface area contributed by atoms with Gasteiger partial charge in [-0.15, -0.1) is 0 Å². The Morgan fingerprint density at radius 3 is 2.71 bits per heavy atom. The molecule has 1 aliphatic rings. The molecule has 0 aromatic carbocycles. The van der Waals surface area contributed by atoms with Crippen LogP contribution in [0.5, 0.6) is 0 Å². The first-order valence-corrected chi connectivity index (χ1v) is 6.58. The SMILES string of the molecule is COCC(C)CC(=O)N(CCCO)C1CCC1. The maximum Gasteiger partial charge on any atom is 0.223 e. The second kappa shape index (κ2) is 7.67. The fraction of sp³-hybridized carbons (Fsp3) is 0.923. The Morgan fingerprint density at radius 1 is 1.53 bits per heavy atom. The number of carbonyl (C=O) groups excluding carboxylic acids is 1. The van der Waals surface area contributed by atoms with Crippen LogP contribution in [0.15, 0.2) is 0 Å². The molecule has 4 heteroatoms. The van der Waals surface area contributed by atoms with Crippen molar-refractivity contribution in [3.05, 3.63) is 0 Å². The van der Waals surface area contributed by atoms with E-state index in [1.54, 1.807) is 7.11 Å². The van der Waals surface area contributed by atoms with Gasteiger partial charge in [0.15, 0.2) is 0 Å². The average molecular weight is 243 g/mol. The van der Waals surface area contributed by atoms with Crippen LogP contribution in [0.3, 0.4) is 0 Å². The van der Waals surface area contributed by atoms with Crippen LogP contribution in [-0.4, -0.2) is 48.8 Å². The lowest BCUT2D eigenvalue weighted by atomic mass is 9.90. The average Bonchev–Trinajstić information content (AvgIpc) is 2.21. The molecular weight excluding hydrogens is 218 g/mol. The van der Waals surface area contributed by atoms with E-state index in [2.05, 4.69) is 0 Å². The van der Waals surface area contributed by atoms with Gasteiger partial charge in [0.25, 0.3) is 0 Å². The zero-order valence-corrected chi connectivity index (χ0v) is 11.0. The minimum Gasteiger partial charge on any atom is -0.396 e. The molecule has 17 heavy (non-hydrogen) atoms. The summed E-state index contributed by atoms with van der Waals surface area (Å²) in [5.74, 6) is 0.483. The van der Waals surface area contributed by atoms with E-state index in [-0.39, 0.29) is 18.4 Å². The van der Waals surface area contributed by atoms with Crippen molar-refractivity contribution < 1.29 is 14.6 Å². The number of nitrogens with zero attached hydrogens (tertiary/aromatic N) is 1. The third-order valence-corrected chi connectivity index (χ3v) is 3.37. The zero-order chi connectivity index (χ0) is 12.7. The number of aliphatic hydroxyl groups is 1. The first-order chi connectivity index (χ1) is 8.19. The van der Waals surface area contributed by atoms with Gasteiger partial charge < -0.3 is 14.7 Å². The molecule has 1 N–H and O–H groups in total. The van der Waals surface area contributed by atoms with Crippen molar-refractivity contribution in [2.45, 2.75) is 45.1 Å². The van der Waals surface area contributed by atoms with Crippen molar-refractivity contribution in [1.82, 2.24) is 4.90 Å². The number of amides is 1. The highest BCUT2D eigenvalue weighted by Gasteiger charge is 2.28. The van der Waals surface area contributed by atoms with Gasteiger partial charge in [-0.3, -0.25) is 4.79 Å². The third kappa shape index (κ3) is 4.64. The van der Waals surface area contributed by atoms with Gasteiger partial charge in [0.1, 0.15) is 0 Å². The molecule has 1 rings (SSSR count). The van der Waals surface area contributed by atoms with Crippen LogP contribution in [0.4, 0.5) is 0 Å². The number of rotatable bonds is 8. The van der Waals surface area contributed by atoms with Crippen molar-refractivity contribution in [2.24, 2.45) is 5.92 Å². The molecule has 1 unspecified atom stereocenters. The van der Waals surface area contributed by atoms with Crippen LogP contribution in [0, 0.1) is 5.92 Å². The van der Waals surface area contributed by atoms with E-state index in [9.17, 15) is 4.79 Å². The largest absolute Gasteiger partial charge is 0.396 e. The molecule has 100 valence electrons. The summed E-state index contributed by atoms with van der Waals surface area (Å²) < 4.78 is 5.06. The molecule has 0 spiro atoms. The highest BCUT2D eigenvalue weighted by molar-refractivity contribution is 5.76. The lowest BCUT2D eigenvalue weighted by molar-refractivity contribution is -0.136. The van der Waals surface area contributed by atoms with E-state index in [0.29, 0.717) is 32.0 Å². The monoisotopic (exact) mass is 243 g/mol. The van der Waals surface area contributed by atoms with Crippen LogP contribution in [0.1, 0.15) is 39.0 Å². The van der Waals surface area contributed by atoms with Gasteiger partial charge in [-0.05, 0) is 31.6 Å². The molecule has 0 aromatic heterocycles. The van der Waals surface area contributed by atoms with Crippen molar-refractivity contribution >= 4 is 5.91 Å². The van der Waals surface area contributed by atoms with Crippen LogP contribution < -0.4 is 0 Å². The van der Waals surface area contributed by atoms with E-state index in [1.165, 1.54) is 6.42 Å². The summed E-state index contributed by atoms with van der Waals surface area (Å²) in [6, 6.07) is 0.420. The first-order valence-electron chi connectivity index (χ1n) is 6.58. The molecule has 1 saturated carbocycles. The van der Waals surface area contributed by atoms with Crippen LogP contribution in [0.25, 0.3) is 0 Å². The Labute approximate surface area is 104 Å². The number of carbonyl (C=O) groups is 1. The highest BCUT2D eigenvalue weighted by atomic mass is 16.5. The van der Waals surface area contributed by atoms with Gasteiger partial charge in [-0.25, -0.2) is 0 Å². The van der Waals surface area contributed by atoms with Crippen molar-refractivity contribution in [3.8, 4) is 0 Å². The molecule has 0 radical (unpaired) electrons. The normalized spacial score (nSPS) is 17.6. The van der Waals surface area contributed by atoms with E-state index in [0.717, 1.165) is 12.8 Å². The molecular formula is C13H25NO3. The molecule has 1 amide bonds. The standard InChI is InChI=1S/C13H25NO3/c1-11(10-17-2)9-13(16)14(7-4-8-15)12-5-3-6-12/h11-12,15H,3-10H2,1-2H3. The smallest absolute Gasteiger partial charge is 0.223 e. The van der Waals surface area contributed by atoms with E-state index >= 15 is 0 Å². The minimum atomic E-state index is 0.157. The van der Waals surface area contributed by atoms with Gasteiger partial charge in [0.05, 0.1) is 0 Å². The molecule has 0 aromatic rings. The number of hydrogen-bond donors (Lipinski definition) is 1. The first kappa shape index (κ1) is 14.5. The molecule has 0 aliphatic heterocycles. The van der Waals surface area contributed by atoms with Crippen LogP contribution in [-0.2, 0) is 9.53 Å². The van der Waals surface area contributed by atoms with E-state index < -0.39 is 0 Å². The Hall–Kier alpha value is -0.610. The topological polar surface area (TPSA) is 49.8 Å². The summed E-state index contributed by atoms with van der Waals surface area (Å²) >= 11 is 0. The summed E-state index contributed by atoms with van der Waals surface area (Å²) in [6.07, 6.45) is 4.70. The van der Waals surface area contributed by atoms with Gasteiger partial charge in [0, 0.05) is 39.3 Å². The summed E-state index contributed by atoms with van der Waals surface area (Å²) in [5.41, 5.74) is 0. The number of hydrogen-bond acceptors (Lipinski definition) is 3. The predicted octanol–water partition coefficient (Wildman–Crippen LogP) is 1.42. The Balaban J connectivity index is 2.41. The number of aliphatic hydroxyl groups excluding tert-OH is 1. The summed E-state index contributed by atoms with van der Waals surface area (Å²) in [6.45, 7) is 3.51. The fourth-order valence-electron chi connectivity index (χ4n) is 2.21.